The van der Waals surface area contributed by atoms with Gasteiger partial charge in [-0.25, -0.2) is 0 Å². The Morgan fingerprint density at radius 3 is 2.28 bits per heavy atom. The molecule has 0 unspecified atom stereocenters. The van der Waals surface area contributed by atoms with Gasteiger partial charge in [-0.15, -0.1) is 0 Å². The van der Waals surface area contributed by atoms with E-state index in [0.717, 1.165) is 57.6 Å². The maximum atomic E-state index is 13.4. The summed E-state index contributed by atoms with van der Waals surface area (Å²) < 4.78 is 5.48. The van der Waals surface area contributed by atoms with Gasteiger partial charge in [-0.3, -0.25) is 9.59 Å². The normalized spacial score (nSPS) is 50.5. The van der Waals surface area contributed by atoms with Gasteiger partial charge >= 0.3 is 5.97 Å². The predicted molar refractivity (Wildman–Crippen MR) is 142 cm³/mol. The standard InChI is InChI=1S/C32H48O4/c1-19(2)21-11-14-32(27(35)36-8)16-15-30(6)22(25(21)32)9-10-24-29(5)17-20(18-33)26(34)28(3,4)23(29)12-13-31(24,30)7/h18,21-25,33H,1,9-17H2,2-8H3/b20-18-/t21-,22+,23+,24+,25+,29+,30-,31-,32-/m1/s1. The van der Waals surface area contributed by atoms with E-state index in [4.69, 9.17) is 4.74 Å². The highest BCUT2D eigenvalue weighted by atomic mass is 16.5. The Labute approximate surface area is 218 Å². The van der Waals surface area contributed by atoms with Crippen molar-refractivity contribution in [1.29, 1.82) is 0 Å². The second-order valence-electron chi connectivity index (χ2n) is 14.7. The molecule has 0 aromatic carbocycles. The molecule has 4 nitrogen and oxygen atoms in total. The summed E-state index contributed by atoms with van der Waals surface area (Å²) in [6.45, 7) is 18.3. The number of carbonyl (C=O) groups excluding carboxylic acids is 2. The second kappa shape index (κ2) is 7.96. The quantitative estimate of drug-likeness (QED) is 0.187. The van der Waals surface area contributed by atoms with Gasteiger partial charge in [0.1, 0.15) is 0 Å². The highest BCUT2D eigenvalue weighted by Gasteiger charge is 2.72. The van der Waals surface area contributed by atoms with Gasteiger partial charge in [-0.05, 0) is 111 Å². The van der Waals surface area contributed by atoms with Crippen molar-refractivity contribution in [3.63, 3.8) is 0 Å². The molecule has 1 N–H and O–H groups in total. The monoisotopic (exact) mass is 496 g/mol. The van der Waals surface area contributed by atoms with Gasteiger partial charge in [0.2, 0.25) is 0 Å². The number of fused-ring (bicyclic) bond motifs is 7. The van der Waals surface area contributed by atoms with E-state index in [1.165, 1.54) is 5.57 Å². The highest BCUT2D eigenvalue weighted by molar-refractivity contribution is 6.00. The first-order valence-corrected chi connectivity index (χ1v) is 14.4. The minimum atomic E-state index is -0.455. The first-order valence-electron chi connectivity index (χ1n) is 14.4. The lowest BCUT2D eigenvalue weighted by atomic mass is 9.32. The molecule has 5 rings (SSSR count). The van der Waals surface area contributed by atoms with Crippen molar-refractivity contribution in [3.05, 3.63) is 24.0 Å². The van der Waals surface area contributed by atoms with E-state index < -0.39 is 5.41 Å². The van der Waals surface area contributed by atoms with Crippen LogP contribution in [-0.4, -0.2) is 24.0 Å². The number of aliphatic hydroxyl groups excluding tert-OH is 1. The average molecular weight is 497 g/mol. The third-order valence-corrected chi connectivity index (χ3v) is 13.4. The van der Waals surface area contributed by atoms with E-state index in [2.05, 4.69) is 48.1 Å². The average Bonchev–Trinajstić information content (AvgIpc) is 3.22. The minimum Gasteiger partial charge on any atom is -0.515 e. The maximum Gasteiger partial charge on any atom is 0.312 e. The number of carbonyl (C=O) groups is 2. The van der Waals surface area contributed by atoms with Crippen LogP contribution in [0.1, 0.15) is 99.3 Å². The van der Waals surface area contributed by atoms with Crippen molar-refractivity contribution >= 4 is 11.8 Å². The summed E-state index contributed by atoms with van der Waals surface area (Å²) in [7, 11) is 1.56. The van der Waals surface area contributed by atoms with Crippen LogP contribution in [0.15, 0.2) is 24.0 Å². The molecule has 5 saturated carbocycles. The van der Waals surface area contributed by atoms with E-state index in [-0.39, 0.29) is 33.4 Å². The summed E-state index contributed by atoms with van der Waals surface area (Å²) in [6.07, 6.45) is 10.2. The Morgan fingerprint density at radius 1 is 0.972 bits per heavy atom. The van der Waals surface area contributed by atoms with E-state index in [9.17, 15) is 14.7 Å². The Balaban J connectivity index is 1.59. The highest BCUT2D eigenvalue weighted by Crippen LogP contribution is 2.77. The van der Waals surface area contributed by atoms with Crippen molar-refractivity contribution in [2.24, 2.45) is 56.7 Å². The third-order valence-electron chi connectivity index (χ3n) is 13.4. The number of Topliss-reactive ketones (excluding diaryl/α,β-unsaturated/α-hetero) is 1. The summed E-state index contributed by atoms with van der Waals surface area (Å²) in [6, 6.07) is 0. The topological polar surface area (TPSA) is 63.6 Å². The fourth-order valence-electron chi connectivity index (χ4n) is 11.7. The number of esters is 1. The number of hydrogen-bond acceptors (Lipinski definition) is 4. The molecule has 0 aliphatic heterocycles. The van der Waals surface area contributed by atoms with Crippen LogP contribution in [0.4, 0.5) is 0 Å². The summed E-state index contributed by atoms with van der Waals surface area (Å²) in [5, 5.41) is 10.0. The van der Waals surface area contributed by atoms with Crippen molar-refractivity contribution in [3.8, 4) is 0 Å². The fraction of sp³-hybridized carbons (Fsp3) is 0.812. The van der Waals surface area contributed by atoms with Gasteiger partial charge in [-0.1, -0.05) is 46.8 Å². The number of aliphatic hydroxyl groups is 1. The molecule has 0 spiro atoms. The largest absolute Gasteiger partial charge is 0.515 e. The number of ether oxygens (including phenoxy) is 1. The first kappa shape index (κ1) is 26.0. The zero-order valence-electron chi connectivity index (χ0n) is 23.7. The lowest BCUT2D eigenvalue weighted by Crippen LogP contribution is -2.67. The molecular weight excluding hydrogens is 448 g/mol. The number of allylic oxidation sites excluding steroid dienone is 2. The summed E-state index contributed by atoms with van der Waals surface area (Å²) >= 11 is 0. The zero-order valence-corrected chi connectivity index (χ0v) is 23.7. The summed E-state index contributed by atoms with van der Waals surface area (Å²) in [5.41, 5.74) is 1.25. The van der Waals surface area contributed by atoms with Crippen molar-refractivity contribution in [2.45, 2.75) is 99.3 Å². The molecule has 0 aromatic heterocycles. The molecule has 0 amide bonds. The molecule has 0 saturated heterocycles. The minimum absolute atomic E-state index is 0.00603. The molecule has 4 heteroatoms. The van der Waals surface area contributed by atoms with Gasteiger partial charge in [0.25, 0.3) is 0 Å². The number of hydrogen-bond donors (Lipinski definition) is 1. The maximum absolute atomic E-state index is 13.4. The van der Waals surface area contributed by atoms with Crippen LogP contribution in [0.3, 0.4) is 0 Å². The van der Waals surface area contributed by atoms with Gasteiger partial charge in [0.15, 0.2) is 5.78 Å². The molecule has 200 valence electrons. The van der Waals surface area contributed by atoms with Crippen LogP contribution < -0.4 is 0 Å². The Morgan fingerprint density at radius 2 is 1.67 bits per heavy atom. The predicted octanol–water partition coefficient (Wildman–Crippen LogP) is 7.44. The summed E-state index contributed by atoms with van der Waals surface area (Å²) in [5.74, 6) is 2.12. The van der Waals surface area contributed by atoms with E-state index in [1.807, 2.05) is 0 Å². The van der Waals surface area contributed by atoms with Crippen molar-refractivity contribution < 1.29 is 19.4 Å². The van der Waals surface area contributed by atoms with Crippen LogP contribution >= 0.6 is 0 Å². The van der Waals surface area contributed by atoms with Crippen LogP contribution in [0.25, 0.3) is 0 Å². The van der Waals surface area contributed by atoms with Crippen molar-refractivity contribution in [1.82, 2.24) is 0 Å². The smallest absolute Gasteiger partial charge is 0.312 e. The van der Waals surface area contributed by atoms with Crippen molar-refractivity contribution in [2.75, 3.05) is 7.11 Å². The SMILES string of the molecule is C=C(C)[C@H]1CC[C@@]2(C(=O)OC)CC[C@]3(C)[C@@H](CC[C@H]4[C@@]5(C)C/C(=C/O)C(=O)C(C)(C)[C@@H]5CC[C@]43C)[C@H]12. The molecule has 36 heavy (non-hydrogen) atoms. The van der Waals surface area contributed by atoms with E-state index in [1.54, 1.807) is 7.11 Å². The molecule has 0 bridgehead atoms. The zero-order chi connectivity index (χ0) is 26.5. The Bertz CT molecular complexity index is 1020. The molecule has 0 aromatic rings. The molecule has 5 aliphatic carbocycles. The second-order valence-corrected chi connectivity index (χ2v) is 14.7. The van der Waals surface area contributed by atoms with Gasteiger partial charge in [0, 0.05) is 11.0 Å². The molecule has 5 aliphatic rings. The first-order chi connectivity index (χ1) is 16.7. The number of ketones is 1. The Hall–Kier alpha value is -1.58. The van der Waals surface area contributed by atoms with E-state index >= 15 is 0 Å². The van der Waals surface area contributed by atoms with Gasteiger partial charge in [-0.2, -0.15) is 0 Å². The molecular formula is C32H48O4. The van der Waals surface area contributed by atoms with Crippen LogP contribution in [0.2, 0.25) is 0 Å². The van der Waals surface area contributed by atoms with Crippen LogP contribution in [0.5, 0.6) is 0 Å². The number of methoxy groups -OCH3 is 1. The molecule has 0 radical (unpaired) electrons. The third kappa shape index (κ3) is 2.94. The molecule has 9 atom stereocenters. The fourth-order valence-corrected chi connectivity index (χ4v) is 11.7. The van der Waals surface area contributed by atoms with Crippen LogP contribution in [-0.2, 0) is 14.3 Å². The van der Waals surface area contributed by atoms with Crippen LogP contribution in [0, 0.1) is 56.7 Å². The molecule has 5 fully saturated rings. The summed E-state index contributed by atoms with van der Waals surface area (Å²) in [4.78, 5) is 26.7. The van der Waals surface area contributed by atoms with E-state index in [0.29, 0.717) is 41.6 Å². The number of rotatable bonds is 2. The van der Waals surface area contributed by atoms with Gasteiger partial charge < -0.3 is 9.84 Å². The Kier molecular flexibility index (Phi) is 5.76. The lowest BCUT2D eigenvalue weighted by Gasteiger charge is -2.72. The lowest BCUT2D eigenvalue weighted by molar-refractivity contribution is -0.232. The van der Waals surface area contributed by atoms with Gasteiger partial charge in [0.05, 0.1) is 18.8 Å². The molecule has 0 heterocycles.